The van der Waals surface area contributed by atoms with Crippen LogP contribution in [0, 0.1) is 13.8 Å². The molecule has 0 saturated heterocycles. The van der Waals surface area contributed by atoms with E-state index in [0.29, 0.717) is 29.5 Å². The Kier molecular flexibility index (Phi) is 5.59. The monoisotopic (exact) mass is 421 g/mol. The van der Waals surface area contributed by atoms with Crippen LogP contribution in [0.2, 0.25) is 5.15 Å². The maximum absolute atomic E-state index is 12.9. The predicted octanol–water partition coefficient (Wildman–Crippen LogP) is 4.50. The third-order valence-electron chi connectivity index (χ3n) is 5.20. The molecule has 154 valence electrons. The summed E-state index contributed by atoms with van der Waals surface area (Å²) in [6.07, 6.45) is 0. The zero-order chi connectivity index (χ0) is 21.3. The van der Waals surface area contributed by atoms with Crippen LogP contribution in [0.15, 0.2) is 48.5 Å². The molecule has 0 aliphatic carbocycles. The van der Waals surface area contributed by atoms with Crippen molar-refractivity contribution in [2.75, 3.05) is 0 Å². The number of amides is 1. The first-order valence-electron chi connectivity index (χ1n) is 9.98. The van der Waals surface area contributed by atoms with Gasteiger partial charge in [-0.1, -0.05) is 53.6 Å². The van der Waals surface area contributed by atoms with Crippen molar-refractivity contribution in [1.82, 2.24) is 24.6 Å². The number of carbonyl (C=O) groups is 1. The summed E-state index contributed by atoms with van der Waals surface area (Å²) in [5.74, 6) is 0.565. The molecule has 0 bridgehead atoms. The molecule has 6 nitrogen and oxygen atoms in total. The summed E-state index contributed by atoms with van der Waals surface area (Å²) in [5.41, 5.74) is 5.26. The Balaban J connectivity index is 1.53. The highest BCUT2D eigenvalue weighted by Gasteiger charge is 2.21. The summed E-state index contributed by atoms with van der Waals surface area (Å²) < 4.78 is 3.77. The van der Waals surface area contributed by atoms with Crippen molar-refractivity contribution in [3.8, 4) is 0 Å². The Morgan fingerprint density at radius 3 is 2.57 bits per heavy atom. The van der Waals surface area contributed by atoms with Crippen molar-refractivity contribution in [1.29, 1.82) is 0 Å². The molecule has 2 heterocycles. The Hall–Kier alpha value is -3.12. The lowest BCUT2D eigenvalue weighted by atomic mass is 10.1. The third-order valence-corrected chi connectivity index (χ3v) is 5.59. The summed E-state index contributed by atoms with van der Waals surface area (Å²) in [6, 6.07) is 16.1. The predicted molar refractivity (Wildman–Crippen MR) is 119 cm³/mol. The van der Waals surface area contributed by atoms with Crippen molar-refractivity contribution in [2.24, 2.45) is 0 Å². The van der Waals surface area contributed by atoms with Gasteiger partial charge in [0.1, 0.15) is 11.0 Å². The molecule has 4 rings (SSSR count). The van der Waals surface area contributed by atoms with E-state index in [0.717, 1.165) is 29.0 Å². The first-order valence-corrected chi connectivity index (χ1v) is 10.4. The molecule has 7 heteroatoms. The molecule has 0 unspecified atom stereocenters. The molecule has 0 radical (unpaired) electrons. The van der Waals surface area contributed by atoms with Gasteiger partial charge in [-0.25, -0.2) is 9.67 Å². The van der Waals surface area contributed by atoms with Crippen molar-refractivity contribution < 1.29 is 4.79 Å². The molecule has 0 atom stereocenters. The summed E-state index contributed by atoms with van der Waals surface area (Å²) in [5, 5.41) is 7.77. The fourth-order valence-electron chi connectivity index (χ4n) is 3.64. The number of halogens is 1. The van der Waals surface area contributed by atoms with Crippen LogP contribution >= 0.6 is 11.6 Å². The molecule has 0 aliphatic rings. The van der Waals surface area contributed by atoms with Gasteiger partial charge in [-0.2, -0.15) is 5.10 Å². The van der Waals surface area contributed by atoms with Gasteiger partial charge < -0.3 is 9.88 Å². The highest BCUT2D eigenvalue weighted by Crippen LogP contribution is 2.22. The fourth-order valence-corrected chi connectivity index (χ4v) is 3.96. The molecule has 1 N–H and O–H groups in total. The first kappa shape index (κ1) is 20.2. The summed E-state index contributed by atoms with van der Waals surface area (Å²) in [6.45, 7) is 7.52. The van der Waals surface area contributed by atoms with Crippen LogP contribution in [0.3, 0.4) is 0 Å². The van der Waals surface area contributed by atoms with Gasteiger partial charge in [-0.15, -0.1) is 0 Å². The summed E-state index contributed by atoms with van der Waals surface area (Å²) in [7, 11) is 0. The SMILES string of the molecule is CCn1c(CNC(=O)c2c(C)nn(Cc3ccc(C)cc3)c2Cl)nc2ccccc21. The molecule has 4 aromatic rings. The van der Waals surface area contributed by atoms with Gasteiger partial charge in [0.2, 0.25) is 0 Å². The number of nitrogens with one attached hydrogen (secondary N) is 1. The first-order chi connectivity index (χ1) is 14.5. The quantitative estimate of drug-likeness (QED) is 0.498. The lowest BCUT2D eigenvalue weighted by molar-refractivity contribution is 0.0949. The number of imidazole rings is 1. The topological polar surface area (TPSA) is 64.7 Å². The second kappa shape index (κ2) is 8.32. The van der Waals surface area contributed by atoms with Gasteiger partial charge >= 0.3 is 0 Å². The average Bonchev–Trinajstić information content (AvgIpc) is 3.24. The molecule has 1 amide bonds. The van der Waals surface area contributed by atoms with Gasteiger partial charge in [0.25, 0.3) is 5.91 Å². The van der Waals surface area contributed by atoms with Crippen molar-refractivity contribution in [2.45, 2.75) is 40.4 Å². The summed E-state index contributed by atoms with van der Waals surface area (Å²) >= 11 is 6.53. The van der Waals surface area contributed by atoms with Gasteiger partial charge in [0.05, 0.1) is 35.4 Å². The molecular formula is C23H24ClN5O. The molecule has 0 saturated carbocycles. The molecule has 0 fully saturated rings. The van der Waals surface area contributed by atoms with Crippen LogP contribution in [-0.2, 0) is 19.6 Å². The Morgan fingerprint density at radius 1 is 1.10 bits per heavy atom. The second-order valence-corrected chi connectivity index (χ2v) is 7.70. The zero-order valence-electron chi connectivity index (χ0n) is 17.3. The maximum Gasteiger partial charge on any atom is 0.256 e. The van der Waals surface area contributed by atoms with E-state index in [1.165, 1.54) is 5.56 Å². The number of carbonyl (C=O) groups excluding carboxylic acids is 1. The van der Waals surface area contributed by atoms with E-state index in [1.807, 2.05) is 55.5 Å². The normalized spacial score (nSPS) is 11.2. The van der Waals surface area contributed by atoms with Crippen LogP contribution in [0.5, 0.6) is 0 Å². The van der Waals surface area contributed by atoms with E-state index in [4.69, 9.17) is 11.6 Å². The highest BCUT2D eigenvalue weighted by atomic mass is 35.5. The van der Waals surface area contributed by atoms with E-state index in [1.54, 1.807) is 11.6 Å². The molecule has 2 aromatic heterocycles. The van der Waals surface area contributed by atoms with E-state index in [-0.39, 0.29) is 5.91 Å². The number of hydrogen-bond donors (Lipinski definition) is 1. The number of fused-ring (bicyclic) bond motifs is 1. The maximum atomic E-state index is 12.9. The number of nitrogens with zero attached hydrogens (tertiary/aromatic N) is 4. The summed E-state index contributed by atoms with van der Waals surface area (Å²) in [4.78, 5) is 17.6. The average molecular weight is 422 g/mol. The number of aromatic nitrogens is 4. The molecular weight excluding hydrogens is 398 g/mol. The van der Waals surface area contributed by atoms with Crippen molar-refractivity contribution in [3.05, 3.63) is 81.9 Å². The zero-order valence-corrected chi connectivity index (χ0v) is 18.1. The number of benzene rings is 2. The van der Waals surface area contributed by atoms with Crippen LogP contribution in [0.1, 0.15) is 39.9 Å². The van der Waals surface area contributed by atoms with E-state index in [9.17, 15) is 4.79 Å². The van der Waals surface area contributed by atoms with Crippen LogP contribution in [0.4, 0.5) is 0 Å². The minimum atomic E-state index is -0.248. The van der Waals surface area contributed by atoms with Crippen molar-refractivity contribution >= 4 is 28.5 Å². The Morgan fingerprint density at radius 2 is 1.83 bits per heavy atom. The highest BCUT2D eigenvalue weighted by molar-refractivity contribution is 6.33. The molecule has 30 heavy (non-hydrogen) atoms. The van der Waals surface area contributed by atoms with E-state index < -0.39 is 0 Å². The molecule has 2 aromatic carbocycles. The Bertz CT molecular complexity index is 1210. The fraction of sp³-hybridized carbons (Fsp3) is 0.261. The molecule has 0 spiro atoms. The van der Waals surface area contributed by atoms with Gasteiger partial charge in [0, 0.05) is 6.54 Å². The minimum absolute atomic E-state index is 0.248. The number of rotatable bonds is 6. The number of hydrogen-bond acceptors (Lipinski definition) is 3. The van der Waals surface area contributed by atoms with Crippen LogP contribution < -0.4 is 5.32 Å². The van der Waals surface area contributed by atoms with E-state index in [2.05, 4.69) is 26.9 Å². The largest absolute Gasteiger partial charge is 0.345 e. The lowest BCUT2D eigenvalue weighted by Gasteiger charge is -2.08. The van der Waals surface area contributed by atoms with Crippen LogP contribution in [-0.4, -0.2) is 25.2 Å². The van der Waals surface area contributed by atoms with E-state index >= 15 is 0 Å². The van der Waals surface area contributed by atoms with Gasteiger partial charge in [0.15, 0.2) is 0 Å². The smallest absolute Gasteiger partial charge is 0.256 e. The minimum Gasteiger partial charge on any atom is -0.345 e. The second-order valence-electron chi connectivity index (χ2n) is 7.34. The van der Waals surface area contributed by atoms with Gasteiger partial charge in [-0.3, -0.25) is 4.79 Å². The third kappa shape index (κ3) is 3.83. The standard InChI is InChI=1S/C23H24ClN5O/c1-4-28-19-8-6-5-7-18(19)26-20(28)13-25-23(30)21-16(3)27-29(22(21)24)14-17-11-9-15(2)10-12-17/h5-12H,4,13-14H2,1-3H3,(H,25,30). The van der Waals surface area contributed by atoms with Crippen LogP contribution in [0.25, 0.3) is 11.0 Å². The lowest BCUT2D eigenvalue weighted by Crippen LogP contribution is -2.25. The Labute approximate surface area is 180 Å². The number of para-hydroxylation sites is 2. The van der Waals surface area contributed by atoms with Crippen molar-refractivity contribution in [3.63, 3.8) is 0 Å². The van der Waals surface area contributed by atoms with Gasteiger partial charge in [-0.05, 0) is 38.5 Å². The molecule has 0 aliphatic heterocycles. The number of aryl methyl sites for hydroxylation is 3.